The Hall–Kier alpha value is -2.34. The zero-order valence-electron chi connectivity index (χ0n) is 15.5. The third kappa shape index (κ3) is 5.33. The lowest BCUT2D eigenvalue weighted by atomic mass is 9.99. The van der Waals surface area contributed by atoms with Gasteiger partial charge in [-0.1, -0.05) is 19.1 Å². The van der Waals surface area contributed by atoms with Crippen LogP contribution in [0.4, 0.5) is 10.5 Å². The summed E-state index contributed by atoms with van der Waals surface area (Å²) in [5.41, 5.74) is 1.60. The number of benzene rings is 1. The van der Waals surface area contributed by atoms with Crippen molar-refractivity contribution < 1.29 is 4.79 Å². The monoisotopic (exact) mass is 355 g/mol. The molecular formula is C20H29N5O. The van der Waals surface area contributed by atoms with E-state index in [0.29, 0.717) is 6.54 Å². The van der Waals surface area contributed by atoms with Gasteiger partial charge < -0.3 is 15.5 Å². The predicted octanol–water partition coefficient (Wildman–Crippen LogP) is 3.51. The summed E-state index contributed by atoms with van der Waals surface area (Å²) in [5.74, 6) is 0.876. The van der Waals surface area contributed by atoms with E-state index in [-0.39, 0.29) is 6.03 Å². The van der Waals surface area contributed by atoms with Crippen LogP contribution in [0.3, 0.4) is 0 Å². The smallest absolute Gasteiger partial charge is 0.319 e. The van der Waals surface area contributed by atoms with Crippen LogP contribution in [0.1, 0.15) is 32.6 Å². The second-order valence-electron chi connectivity index (χ2n) is 7.08. The molecule has 1 saturated heterocycles. The molecule has 0 saturated carbocycles. The van der Waals surface area contributed by atoms with E-state index in [1.54, 1.807) is 10.9 Å². The number of carbonyl (C=O) groups is 1. The Labute approximate surface area is 155 Å². The first kappa shape index (κ1) is 18.5. The maximum atomic E-state index is 12.2. The zero-order valence-corrected chi connectivity index (χ0v) is 15.5. The van der Waals surface area contributed by atoms with E-state index in [0.717, 1.165) is 36.7 Å². The molecule has 0 spiro atoms. The molecule has 0 unspecified atom stereocenters. The molecule has 0 bridgehead atoms. The van der Waals surface area contributed by atoms with Gasteiger partial charge in [-0.3, -0.25) is 0 Å². The Balaban J connectivity index is 1.37. The molecule has 2 amide bonds. The Morgan fingerprint density at radius 3 is 2.77 bits per heavy atom. The quantitative estimate of drug-likeness (QED) is 0.747. The summed E-state index contributed by atoms with van der Waals surface area (Å²) in [6.45, 7) is 6.61. The molecule has 26 heavy (non-hydrogen) atoms. The second-order valence-corrected chi connectivity index (χ2v) is 7.08. The van der Waals surface area contributed by atoms with Gasteiger partial charge in [0.25, 0.3) is 0 Å². The number of unbranched alkanes of at least 4 members (excludes halogenated alkanes) is 1. The van der Waals surface area contributed by atoms with Crippen LogP contribution in [-0.4, -0.2) is 46.9 Å². The number of likely N-dealkylation sites (tertiary alicyclic amines) is 1. The minimum atomic E-state index is -0.170. The van der Waals surface area contributed by atoms with Crippen LogP contribution in [0, 0.1) is 5.92 Å². The number of nitrogens with one attached hydrogen (secondary N) is 2. The van der Waals surface area contributed by atoms with Crippen molar-refractivity contribution in [3.05, 3.63) is 42.7 Å². The third-order valence-electron chi connectivity index (χ3n) is 4.97. The molecular weight excluding hydrogens is 326 g/mol. The molecule has 140 valence electrons. The van der Waals surface area contributed by atoms with Gasteiger partial charge in [0.1, 0.15) is 0 Å². The van der Waals surface area contributed by atoms with Gasteiger partial charge in [0.15, 0.2) is 0 Å². The van der Waals surface area contributed by atoms with Crippen molar-refractivity contribution in [2.75, 3.05) is 31.5 Å². The predicted molar refractivity (Wildman–Crippen MR) is 105 cm³/mol. The summed E-state index contributed by atoms with van der Waals surface area (Å²) >= 11 is 0. The lowest BCUT2D eigenvalue weighted by molar-refractivity contribution is 0.189. The number of hydrogen-bond acceptors (Lipinski definition) is 3. The number of rotatable bonds is 7. The van der Waals surface area contributed by atoms with Crippen LogP contribution >= 0.6 is 0 Å². The van der Waals surface area contributed by atoms with E-state index < -0.39 is 0 Å². The van der Waals surface area contributed by atoms with Crippen molar-refractivity contribution in [3.8, 4) is 5.69 Å². The highest BCUT2D eigenvalue weighted by Crippen LogP contribution is 2.19. The maximum absolute atomic E-state index is 12.2. The Morgan fingerprint density at radius 2 is 2.00 bits per heavy atom. The summed E-state index contributed by atoms with van der Waals surface area (Å²) in [6.07, 6.45) is 8.34. The number of aromatic nitrogens is 2. The van der Waals surface area contributed by atoms with Crippen molar-refractivity contribution in [1.29, 1.82) is 0 Å². The van der Waals surface area contributed by atoms with Gasteiger partial charge in [0.05, 0.1) is 11.4 Å². The number of anilines is 1. The molecule has 1 aliphatic heterocycles. The summed E-state index contributed by atoms with van der Waals surface area (Å²) in [7, 11) is 0. The van der Waals surface area contributed by atoms with Crippen LogP contribution < -0.4 is 10.6 Å². The lowest BCUT2D eigenvalue weighted by Crippen LogP contribution is -2.34. The number of para-hydroxylation sites is 2. The van der Waals surface area contributed by atoms with Crippen LogP contribution in [0.5, 0.6) is 0 Å². The number of nitrogens with zero attached hydrogens (tertiary/aromatic N) is 3. The van der Waals surface area contributed by atoms with Gasteiger partial charge in [-0.15, -0.1) is 0 Å². The Morgan fingerprint density at radius 1 is 1.19 bits per heavy atom. The van der Waals surface area contributed by atoms with E-state index in [4.69, 9.17) is 0 Å². The average Bonchev–Trinajstić information content (AvgIpc) is 3.18. The van der Waals surface area contributed by atoms with E-state index in [9.17, 15) is 4.79 Å². The molecule has 0 atom stereocenters. The summed E-state index contributed by atoms with van der Waals surface area (Å²) in [5, 5.41) is 10.1. The molecule has 2 N–H and O–H groups in total. The molecule has 3 rings (SSSR count). The largest absolute Gasteiger partial charge is 0.338 e. The van der Waals surface area contributed by atoms with Crippen LogP contribution in [0.2, 0.25) is 0 Å². The van der Waals surface area contributed by atoms with E-state index in [1.165, 1.54) is 25.9 Å². The van der Waals surface area contributed by atoms with E-state index in [1.807, 2.05) is 36.5 Å². The fraction of sp³-hybridized carbons (Fsp3) is 0.500. The standard InChI is InChI=1S/C20H29N5O/c1-17-9-15-24(16-10-17)13-5-4-11-21-20(26)23-18-7-2-3-8-19(18)25-14-6-12-22-25/h2-3,6-8,12,14,17H,4-5,9-11,13,15-16H2,1H3,(H2,21,23,26). The highest BCUT2D eigenvalue weighted by atomic mass is 16.2. The molecule has 6 heteroatoms. The molecule has 1 aromatic heterocycles. The van der Waals surface area contributed by atoms with Crippen molar-refractivity contribution in [1.82, 2.24) is 20.0 Å². The summed E-state index contributed by atoms with van der Waals surface area (Å²) in [6, 6.07) is 9.34. The molecule has 6 nitrogen and oxygen atoms in total. The first-order valence-corrected chi connectivity index (χ1v) is 9.58. The SMILES string of the molecule is CC1CCN(CCCCNC(=O)Nc2ccccc2-n2cccn2)CC1. The number of amides is 2. The topological polar surface area (TPSA) is 62.2 Å². The fourth-order valence-corrected chi connectivity index (χ4v) is 3.30. The van der Waals surface area contributed by atoms with Gasteiger partial charge in [0.2, 0.25) is 0 Å². The zero-order chi connectivity index (χ0) is 18.2. The number of urea groups is 1. The first-order chi connectivity index (χ1) is 12.7. The second kappa shape index (κ2) is 9.38. The Bertz CT molecular complexity index is 677. The van der Waals surface area contributed by atoms with Gasteiger partial charge >= 0.3 is 6.03 Å². The minimum Gasteiger partial charge on any atom is -0.338 e. The summed E-state index contributed by atoms with van der Waals surface area (Å²) < 4.78 is 1.75. The molecule has 1 aromatic carbocycles. The van der Waals surface area contributed by atoms with Crippen molar-refractivity contribution in [2.45, 2.75) is 32.6 Å². The van der Waals surface area contributed by atoms with Gasteiger partial charge in [0, 0.05) is 18.9 Å². The van der Waals surface area contributed by atoms with Crippen LogP contribution in [-0.2, 0) is 0 Å². The molecule has 1 aliphatic rings. The van der Waals surface area contributed by atoms with Crippen LogP contribution in [0.25, 0.3) is 5.69 Å². The molecule has 2 heterocycles. The number of hydrogen-bond donors (Lipinski definition) is 2. The molecule has 0 radical (unpaired) electrons. The molecule has 2 aromatic rings. The molecule has 1 fully saturated rings. The third-order valence-corrected chi connectivity index (χ3v) is 4.97. The normalized spacial score (nSPS) is 15.7. The van der Waals surface area contributed by atoms with Crippen LogP contribution in [0.15, 0.2) is 42.7 Å². The van der Waals surface area contributed by atoms with Gasteiger partial charge in [-0.2, -0.15) is 5.10 Å². The van der Waals surface area contributed by atoms with Crippen molar-refractivity contribution >= 4 is 11.7 Å². The maximum Gasteiger partial charge on any atom is 0.319 e. The lowest BCUT2D eigenvalue weighted by Gasteiger charge is -2.30. The van der Waals surface area contributed by atoms with E-state index in [2.05, 4.69) is 27.6 Å². The Kier molecular flexibility index (Phi) is 6.66. The highest BCUT2D eigenvalue weighted by molar-refractivity contribution is 5.91. The van der Waals surface area contributed by atoms with Crippen molar-refractivity contribution in [2.24, 2.45) is 5.92 Å². The highest BCUT2D eigenvalue weighted by Gasteiger charge is 2.14. The average molecular weight is 355 g/mol. The van der Waals surface area contributed by atoms with E-state index >= 15 is 0 Å². The molecule has 0 aliphatic carbocycles. The first-order valence-electron chi connectivity index (χ1n) is 9.58. The van der Waals surface area contributed by atoms with Gasteiger partial charge in [-0.05, 0) is 69.4 Å². The number of carbonyl (C=O) groups excluding carboxylic acids is 1. The fourth-order valence-electron chi connectivity index (χ4n) is 3.30. The summed E-state index contributed by atoms with van der Waals surface area (Å²) in [4.78, 5) is 14.7. The number of piperidine rings is 1. The van der Waals surface area contributed by atoms with Gasteiger partial charge in [-0.25, -0.2) is 9.48 Å². The minimum absolute atomic E-state index is 0.170. The van der Waals surface area contributed by atoms with Crippen molar-refractivity contribution in [3.63, 3.8) is 0 Å².